The Hall–Kier alpha value is -3.76. The SMILES string of the molecule is COCCN1C(=O)c2ccccc2[C@@H](C(=O)N2CCN(c3ccc([N+](=O)[O-])cc3)CC2)[C@H]1c1cccs1. The van der Waals surface area contributed by atoms with E-state index in [4.69, 9.17) is 4.74 Å². The number of hydrogen-bond donors (Lipinski definition) is 0. The maximum absolute atomic E-state index is 14.2. The molecule has 3 aromatic rings. The molecule has 0 spiro atoms. The Morgan fingerprint density at radius 2 is 1.78 bits per heavy atom. The molecule has 37 heavy (non-hydrogen) atoms. The van der Waals surface area contributed by atoms with Crippen LogP contribution in [0.3, 0.4) is 0 Å². The number of amides is 2. The molecule has 9 nitrogen and oxygen atoms in total. The number of thiophene rings is 1. The van der Waals surface area contributed by atoms with Gasteiger partial charge in [-0.15, -0.1) is 11.3 Å². The molecule has 1 saturated heterocycles. The van der Waals surface area contributed by atoms with Crippen molar-refractivity contribution in [2.75, 3.05) is 51.3 Å². The predicted octanol–water partition coefficient (Wildman–Crippen LogP) is 3.93. The van der Waals surface area contributed by atoms with Crippen molar-refractivity contribution < 1.29 is 19.2 Å². The number of hydrogen-bond acceptors (Lipinski definition) is 7. The maximum atomic E-state index is 14.2. The minimum atomic E-state index is -0.518. The van der Waals surface area contributed by atoms with Gasteiger partial charge in [-0.3, -0.25) is 19.7 Å². The topological polar surface area (TPSA) is 96.2 Å². The molecular weight excluding hydrogens is 492 g/mol. The third kappa shape index (κ3) is 4.82. The highest BCUT2D eigenvalue weighted by atomic mass is 32.1. The van der Waals surface area contributed by atoms with Gasteiger partial charge in [-0.25, -0.2) is 0 Å². The number of methoxy groups -OCH3 is 1. The van der Waals surface area contributed by atoms with E-state index in [0.717, 1.165) is 16.1 Å². The molecule has 2 aliphatic heterocycles. The predicted molar refractivity (Wildman–Crippen MR) is 141 cm³/mol. The molecule has 0 unspecified atom stereocenters. The van der Waals surface area contributed by atoms with Crippen LogP contribution in [0.1, 0.15) is 32.8 Å². The van der Waals surface area contributed by atoms with Crippen LogP contribution < -0.4 is 4.90 Å². The number of benzene rings is 2. The molecule has 0 N–H and O–H groups in total. The number of ether oxygens (including phenoxy) is 1. The fourth-order valence-electron chi connectivity index (χ4n) is 5.24. The average molecular weight is 521 g/mol. The zero-order chi connectivity index (χ0) is 25.9. The lowest BCUT2D eigenvalue weighted by Gasteiger charge is -2.44. The van der Waals surface area contributed by atoms with Crippen molar-refractivity contribution in [2.45, 2.75) is 12.0 Å². The second-order valence-corrected chi connectivity index (χ2v) is 10.1. The van der Waals surface area contributed by atoms with E-state index in [0.29, 0.717) is 44.9 Å². The molecule has 2 aliphatic rings. The smallest absolute Gasteiger partial charge is 0.269 e. The van der Waals surface area contributed by atoms with Gasteiger partial charge in [0.25, 0.3) is 11.6 Å². The Bertz CT molecular complexity index is 1270. The van der Waals surface area contributed by atoms with E-state index in [2.05, 4.69) is 4.90 Å². The molecule has 3 heterocycles. The van der Waals surface area contributed by atoms with Gasteiger partial charge >= 0.3 is 0 Å². The van der Waals surface area contributed by atoms with Gasteiger partial charge in [0.1, 0.15) is 0 Å². The number of carbonyl (C=O) groups is 2. The standard InChI is InChI=1S/C27H28N4O5S/c1-36-17-16-30-25(23-7-4-18-37-23)24(21-5-2-3-6-22(21)26(30)32)27(33)29-14-12-28(13-15-29)19-8-10-20(11-9-19)31(34)35/h2-11,18,24-25H,12-17H2,1H3/t24-,25-/m1/s1. The number of nitro groups is 1. The Labute approximate surface area is 219 Å². The summed E-state index contributed by atoms with van der Waals surface area (Å²) >= 11 is 1.55. The zero-order valence-electron chi connectivity index (χ0n) is 20.5. The van der Waals surface area contributed by atoms with Gasteiger partial charge in [0.05, 0.1) is 23.5 Å². The zero-order valence-corrected chi connectivity index (χ0v) is 21.3. The van der Waals surface area contributed by atoms with Crippen LogP contribution in [0.2, 0.25) is 0 Å². The van der Waals surface area contributed by atoms with Crippen molar-refractivity contribution in [3.63, 3.8) is 0 Å². The summed E-state index contributed by atoms with van der Waals surface area (Å²) in [7, 11) is 1.61. The first-order valence-corrected chi connectivity index (χ1v) is 13.1. The van der Waals surface area contributed by atoms with E-state index in [9.17, 15) is 19.7 Å². The highest BCUT2D eigenvalue weighted by Gasteiger charge is 2.46. The molecule has 2 aromatic carbocycles. The van der Waals surface area contributed by atoms with Gasteiger partial charge in [0, 0.05) is 68.1 Å². The van der Waals surface area contributed by atoms with Crippen molar-refractivity contribution in [1.29, 1.82) is 0 Å². The van der Waals surface area contributed by atoms with Crippen LogP contribution in [0.4, 0.5) is 11.4 Å². The van der Waals surface area contributed by atoms with E-state index < -0.39 is 16.9 Å². The summed E-state index contributed by atoms with van der Waals surface area (Å²) in [5.74, 6) is -0.600. The van der Waals surface area contributed by atoms with Crippen molar-refractivity contribution in [3.05, 3.63) is 92.2 Å². The number of piperazine rings is 1. The number of nitro benzene ring substituents is 1. The van der Waals surface area contributed by atoms with E-state index in [1.165, 1.54) is 12.1 Å². The maximum Gasteiger partial charge on any atom is 0.269 e. The molecule has 0 bridgehead atoms. The highest BCUT2D eigenvalue weighted by molar-refractivity contribution is 7.10. The monoisotopic (exact) mass is 520 g/mol. The Balaban J connectivity index is 1.41. The summed E-state index contributed by atoms with van der Waals surface area (Å²) < 4.78 is 5.30. The Morgan fingerprint density at radius 1 is 1.05 bits per heavy atom. The van der Waals surface area contributed by atoms with E-state index in [1.807, 2.05) is 40.6 Å². The third-order valence-electron chi connectivity index (χ3n) is 7.09. The van der Waals surface area contributed by atoms with Gasteiger partial charge in [-0.1, -0.05) is 24.3 Å². The van der Waals surface area contributed by atoms with E-state index in [-0.39, 0.29) is 17.5 Å². The third-order valence-corrected chi connectivity index (χ3v) is 8.04. The first kappa shape index (κ1) is 24.9. The quantitative estimate of drug-likeness (QED) is 0.346. The van der Waals surface area contributed by atoms with Crippen molar-refractivity contribution in [2.24, 2.45) is 0 Å². The van der Waals surface area contributed by atoms with Crippen LogP contribution in [-0.4, -0.2) is 73.0 Å². The van der Waals surface area contributed by atoms with Crippen LogP contribution in [0.5, 0.6) is 0 Å². The van der Waals surface area contributed by atoms with Crippen LogP contribution >= 0.6 is 11.3 Å². The molecule has 1 fully saturated rings. The minimum Gasteiger partial charge on any atom is -0.383 e. The highest BCUT2D eigenvalue weighted by Crippen LogP contribution is 2.45. The number of fused-ring (bicyclic) bond motifs is 1. The molecule has 0 saturated carbocycles. The lowest BCUT2D eigenvalue weighted by molar-refractivity contribution is -0.384. The van der Waals surface area contributed by atoms with Crippen molar-refractivity contribution in [1.82, 2.24) is 9.80 Å². The largest absolute Gasteiger partial charge is 0.383 e. The number of nitrogens with zero attached hydrogens (tertiary/aromatic N) is 4. The average Bonchev–Trinajstić information content (AvgIpc) is 3.47. The normalized spacial score (nSPS) is 19.6. The molecule has 0 aliphatic carbocycles. The minimum absolute atomic E-state index is 0.00381. The molecule has 0 radical (unpaired) electrons. The molecular formula is C27H28N4O5S. The summed E-state index contributed by atoms with van der Waals surface area (Å²) in [4.78, 5) is 45.1. The van der Waals surface area contributed by atoms with Gasteiger partial charge in [0.15, 0.2) is 0 Å². The summed E-state index contributed by atoms with van der Waals surface area (Å²) in [6.45, 7) is 3.06. The molecule has 1 aromatic heterocycles. The molecule has 2 amide bonds. The first-order chi connectivity index (χ1) is 18.0. The first-order valence-electron chi connectivity index (χ1n) is 12.2. The van der Waals surface area contributed by atoms with Crippen LogP contribution in [0.15, 0.2) is 66.0 Å². The van der Waals surface area contributed by atoms with Crippen LogP contribution in [0.25, 0.3) is 0 Å². The van der Waals surface area contributed by atoms with Crippen molar-refractivity contribution >= 4 is 34.5 Å². The van der Waals surface area contributed by atoms with Crippen LogP contribution in [0, 0.1) is 10.1 Å². The Kier molecular flexibility index (Phi) is 7.20. The summed E-state index contributed by atoms with van der Waals surface area (Å²) in [5, 5.41) is 12.9. The van der Waals surface area contributed by atoms with Gasteiger partial charge in [-0.05, 0) is 35.2 Å². The number of carbonyl (C=O) groups excluding carboxylic acids is 2. The summed E-state index contributed by atoms with van der Waals surface area (Å²) in [6, 6.07) is 17.5. The number of non-ortho nitro benzene ring substituents is 1. The van der Waals surface area contributed by atoms with Gasteiger partial charge < -0.3 is 19.4 Å². The fraction of sp³-hybridized carbons (Fsp3) is 0.333. The molecule has 192 valence electrons. The number of rotatable bonds is 7. The summed E-state index contributed by atoms with van der Waals surface area (Å²) in [5.41, 5.74) is 2.28. The van der Waals surface area contributed by atoms with Gasteiger partial charge in [-0.2, -0.15) is 0 Å². The molecule has 2 atom stereocenters. The van der Waals surface area contributed by atoms with E-state index in [1.54, 1.807) is 41.5 Å². The summed E-state index contributed by atoms with van der Waals surface area (Å²) in [6.07, 6.45) is 0. The van der Waals surface area contributed by atoms with E-state index >= 15 is 0 Å². The van der Waals surface area contributed by atoms with Crippen molar-refractivity contribution in [3.8, 4) is 0 Å². The van der Waals surface area contributed by atoms with Gasteiger partial charge in [0.2, 0.25) is 5.91 Å². The molecule has 10 heteroatoms. The van der Waals surface area contributed by atoms with Crippen LogP contribution in [-0.2, 0) is 9.53 Å². The number of anilines is 1. The lowest BCUT2D eigenvalue weighted by Crippen LogP contribution is -2.53. The second-order valence-electron chi connectivity index (χ2n) is 9.10. The Morgan fingerprint density at radius 3 is 2.43 bits per heavy atom. The lowest BCUT2D eigenvalue weighted by atomic mass is 9.81. The molecule has 5 rings (SSSR count). The fourth-order valence-corrected chi connectivity index (χ4v) is 6.11. The second kappa shape index (κ2) is 10.7.